The lowest BCUT2D eigenvalue weighted by molar-refractivity contribution is -0.127. The molecule has 0 unspecified atom stereocenters. The average molecular weight is 421 g/mol. The molecule has 1 fully saturated rings. The highest BCUT2D eigenvalue weighted by molar-refractivity contribution is 7.91. The second-order valence-corrected chi connectivity index (χ2v) is 9.51. The van der Waals surface area contributed by atoms with E-state index in [2.05, 4.69) is 0 Å². The number of amides is 1. The number of fused-ring (bicyclic) bond motifs is 1. The van der Waals surface area contributed by atoms with E-state index in [1.807, 2.05) is 18.2 Å². The monoisotopic (exact) mass is 420 g/mol. The van der Waals surface area contributed by atoms with Crippen molar-refractivity contribution in [2.24, 2.45) is 0 Å². The van der Waals surface area contributed by atoms with Crippen LogP contribution in [0.2, 0.25) is 0 Å². The van der Waals surface area contributed by atoms with Crippen LogP contribution in [0.5, 0.6) is 11.5 Å². The number of piperazine rings is 1. The van der Waals surface area contributed by atoms with Crippen molar-refractivity contribution >= 4 is 33.3 Å². The Morgan fingerprint density at radius 1 is 1.04 bits per heavy atom. The Balaban J connectivity index is 1.36. The first-order valence-corrected chi connectivity index (χ1v) is 11.3. The van der Waals surface area contributed by atoms with Crippen LogP contribution in [0.3, 0.4) is 0 Å². The van der Waals surface area contributed by atoms with Crippen LogP contribution in [0, 0.1) is 0 Å². The normalized spacial score (nSPS) is 17.8. The third-order valence-electron chi connectivity index (χ3n) is 4.62. The first-order chi connectivity index (χ1) is 13.5. The van der Waals surface area contributed by atoms with Gasteiger partial charge in [-0.1, -0.05) is 12.1 Å². The van der Waals surface area contributed by atoms with E-state index >= 15 is 0 Å². The van der Waals surface area contributed by atoms with Crippen molar-refractivity contribution in [3.63, 3.8) is 0 Å². The molecule has 4 rings (SSSR count). The SMILES string of the molecule is O=C(C=Cc1ccc2c(c1)OCCO2)N1CCN(S(=O)(=O)c2cccs2)CC1. The minimum atomic E-state index is -3.46. The highest BCUT2D eigenvalue weighted by atomic mass is 32.2. The summed E-state index contributed by atoms with van der Waals surface area (Å²) in [6.45, 7) is 2.38. The molecular weight excluding hydrogens is 400 g/mol. The van der Waals surface area contributed by atoms with Crippen LogP contribution in [0.25, 0.3) is 6.08 Å². The molecule has 7 nitrogen and oxygen atoms in total. The molecule has 1 aromatic carbocycles. The van der Waals surface area contributed by atoms with Gasteiger partial charge in [0.2, 0.25) is 5.91 Å². The Hall–Kier alpha value is -2.36. The van der Waals surface area contributed by atoms with Crippen LogP contribution in [0.1, 0.15) is 5.56 Å². The number of nitrogens with zero attached hydrogens (tertiary/aromatic N) is 2. The highest BCUT2D eigenvalue weighted by Gasteiger charge is 2.30. The summed E-state index contributed by atoms with van der Waals surface area (Å²) in [7, 11) is -3.46. The number of thiophene rings is 1. The number of rotatable bonds is 4. The van der Waals surface area contributed by atoms with Crippen molar-refractivity contribution < 1.29 is 22.7 Å². The minimum absolute atomic E-state index is 0.136. The van der Waals surface area contributed by atoms with E-state index in [1.54, 1.807) is 28.5 Å². The molecule has 9 heteroatoms. The maximum absolute atomic E-state index is 12.5. The van der Waals surface area contributed by atoms with Crippen molar-refractivity contribution in [1.82, 2.24) is 9.21 Å². The Labute approximate surface area is 167 Å². The van der Waals surface area contributed by atoms with E-state index in [-0.39, 0.29) is 5.91 Å². The summed E-state index contributed by atoms with van der Waals surface area (Å²) in [6, 6.07) is 8.85. The quantitative estimate of drug-likeness (QED) is 0.708. The van der Waals surface area contributed by atoms with E-state index in [4.69, 9.17) is 9.47 Å². The number of sulfonamides is 1. The van der Waals surface area contributed by atoms with Crippen LogP contribution in [-0.4, -0.2) is 62.9 Å². The lowest BCUT2D eigenvalue weighted by atomic mass is 10.1. The molecule has 148 valence electrons. The van der Waals surface area contributed by atoms with Crippen molar-refractivity contribution in [3.05, 3.63) is 47.4 Å². The van der Waals surface area contributed by atoms with Gasteiger partial charge in [0, 0.05) is 32.3 Å². The summed E-state index contributed by atoms with van der Waals surface area (Å²) >= 11 is 1.21. The summed E-state index contributed by atoms with van der Waals surface area (Å²) in [5.41, 5.74) is 0.844. The van der Waals surface area contributed by atoms with E-state index in [9.17, 15) is 13.2 Å². The van der Waals surface area contributed by atoms with Gasteiger partial charge in [0.25, 0.3) is 10.0 Å². The van der Waals surface area contributed by atoms with Crippen molar-refractivity contribution in [1.29, 1.82) is 0 Å². The fourth-order valence-corrected chi connectivity index (χ4v) is 5.69. The lowest BCUT2D eigenvalue weighted by Gasteiger charge is -2.33. The smallest absolute Gasteiger partial charge is 0.252 e. The van der Waals surface area contributed by atoms with Gasteiger partial charge in [-0.3, -0.25) is 4.79 Å². The molecule has 0 saturated carbocycles. The number of carbonyl (C=O) groups excluding carboxylic acids is 1. The van der Waals surface area contributed by atoms with Crippen LogP contribution in [0.15, 0.2) is 46.0 Å². The Bertz CT molecular complexity index is 978. The van der Waals surface area contributed by atoms with Gasteiger partial charge in [0.05, 0.1) is 0 Å². The number of benzene rings is 1. The topological polar surface area (TPSA) is 76.2 Å². The predicted octanol–water partition coefficient (Wildman–Crippen LogP) is 2.07. The molecule has 1 saturated heterocycles. The van der Waals surface area contributed by atoms with E-state index in [1.165, 1.54) is 21.7 Å². The zero-order valence-corrected chi connectivity index (χ0v) is 16.7. The fraction of sp³-hybridized carbons (Fsp3) is 0.316. The van der Waals surface area contributed by atoms with Gasteiger partial charge in [-0.05, 0) is 35.2 Å². The van der Waals surface area contributed by atoms with Crippen LogP contribution >= 0.6 is 11.3 Å². The van der Waals surface area contributed by atoms with Crippen LogP contribution in [-0.2, 0) is 14.8 Å². The molecule has 1 amide bonds. The molecule has 0 radical (unpaired) electrons. The molecule has 0 atom stereocenters. The number of hydrogen-bond acceptors (Lipinski definition) is 6. The molecule has 1 aromatic heterocycles. The Kier molecular flexibility index (Phi) is 5.38. The van der Waals surface area contributed by atoms with E-state index in [0.717, 1.165) is 5.56 Å². The standard InChI is InChI=1S/C19H20N2O5S2/c22-18(6-4-15-3-5-16-17(14-15)26-12-11-25-16)20-7-9-21(10-8-20)28(23,24)19-2-1-13-27-19/h1-6,13-14H,7-12H2. The second-order valence-electron chi connectivity index (χ2n) is 6.40. The molecule has 0 bridgehead atoms. The van der Waals surface area contributed by atoms with Gasteiger partial charge in [0.1, 0.15) is 17.4 Å². The molecule has 3 heterocycles. The number of hydrogen-bond donors (Lipinski definition) is 0. The zero-order chi connectivity index (χ0) is 19.6. The Morgan fingerprint density at radius 2 is 1.79 bits per heavy atom. The van der Waals surface area contributed by atoms with Crippen LogP contribution < -0.4 is 9.47 Å². The number of ether oxygens (including phenoxy) is 2. The third kappa shape index (κ3) is 3.91. The molecule has 28 heavy (non-hydrogen) atoms. The summed E-state index contributed by atoms with van der Waals surface area (Å²) in [6.07, 6.45) is 3.24. The van der Waals surface area contributed by atoms with Crippen molar-refractivity contribution in [3.8, 4) is 11.5 Å². The summed E-state index contributed by atoms with van der Waals surface area (Å²) in [5, 5.41) is 1.75. The maximum Gasteiger partial charge on any atom is 0.252 e. The second kappa shape index (κ2) is 7.94. The van der Waals surface area contributed by atoms with Gasteiger partial charge in [-0.2, -0.15) is 4.31 Å². The van der Waals surface area contributed by atoms with Gasteiger partial charge < -0.3 is 14.4 Å². The molecule has 2 aliphatic heterocycles. The zero-order valence-electron chi connectivity index (χ0n) is 15.1. The summed E-state index contributed by atoms with van der Waals surface area (Å²) < 4.78 is 37.9. The average Bonchev–Trinajstić information content (AvgIpc) is 3.28. The minimum Gasteiger partial charge on any atom is -0.486 e. The van der Waals surface area contributed by atoms with Gasteiger partial charge in [-0.25, -0.2) is 8.42 Å². The lowest BCUT2D eigenvalue weighted by Crippen LogP contribution is -2.50. The van der Waals surface area contributed by atoms with Crippen molar-refractivity contribution in [2.75, 3.05) is 39.4 Å². The highest BCUT2D eigenvalue weighted by Crippen LogP contribution is 2.31. The van der Waals surface area contributed by atoms with E-state index in [0.29, 0.717) is 55.1 Å². The van der Waals surface area contributed by atoms with Gasteiger partial charge in [0.15, 0.2) is 11.5 Å². The predicted molar refractivity (Wildman–Crippen MR) is 106 cm³/mol. The molecule has 0 aliphatic carbocycles. The number of carbonyl (C=O) groups is 1. The first kappa shape index (κ1) is 19.0. The van der Waals surface area contributed by atoms with Crippen LogP contribution in [0.4, 0.5) is 0 Å². The largest absolute Gasteiger partial charge is 0.486 e. The van der Waals surface area contributed by atoms with E-state index < -0.39 is 10.0 Å². The molecule has 0 N–H and O–H groups in total. The van der Waals surface area contributed by atoms with Gasteiger partial charge in [-0.15, -0.1) is 11.3 Å². The summed E-state index contributed by atoms with van der Waals surface area (Å²) in [5.74, 6) is 1.24. The molecular formula is C19H20N2O5S2. The summed E-state index contributed by atoms with van der Waals surface area (Å²) in [4.78, 5) is 14.1. The molecule has 0 spiro atoms. The first-order valence-electron chi connectivity index (χ1n) is 8.94. The van der Waals surface area contributed by atoms with Gasteiger partial charge >= 0.3 is 0 Å². The van der Waals surface area contributed by atoms with Crippen molar-refractivity contribution in [2.45, 2.75) is 4.21 Å². The fourth-order valence-electron chi connectivity index (χ4n) is 3.12. The Morgan fingerprint density at radius 3 is 2.50 bits per heavy atom. The molecule has 2 aliphatic rings. The maximum atomic E-state index is 12.5. The third-order valence-corrected chi connectivity index (χ3v) is 7.90. The molecule has 2 aromatic rings.